The van der Waals surface area contributed by atoms with Crippen molar-refractivity contribution in [3.8, 4) is 0 Å². The molecule has 5 rings (SSSR count). The van der Waals surface area contributed by atoms with E-state index in [1.165, 1.54) is 15.6 Å². The van der Waals surface area contributed by atoms with Gasteiger partial charge < -0.3 is 9.47 Å². The van der Waals surface area contributed by atoms with Crippen molar-refractivity contribution in [1.29, 1.82) is 0 Å². The molecular formula is C40H45BrO3Si. The second-order valence-electron chi connectivity index (χ2n) is 14.4. The number of allylic oxidation sites excluding steroid dienone is 1. The molecule has 234 valence electrons. The van der Waals surface area contributed by atoms with Gasteiger partial charge in [0.05, 0.1) is 6.10 Å². The van der Waals surface area contributed by atoms with Crippen molar-refractivity contribution in [2.24, 2.45) is 10.8 Å². The zero-order valence-electron chi connectivity index (χ0n) is 27.3. The van der Waals surface area contributed by atoms with Gasteiger partial charge in [0.1, 0.15) is 6.10 Å². The molecule has 0 aromatic heterocycles. The fourth-order valence-corrected chi connectivity index (χ4v) is 12.7. The summed E-state index contributed by atoms with van der Waals surface area (Å²) in [5.41, 5.74) is 0.673. The molecule has 1 aliphatic heterocycles. The highest BCUT2D eigenvalue weighted by molar-refractivity contribution is 9.10. The minimum Gasteiger partial charge on any atom is -0.484 e. The lowest BCUT2D eigenvalue weighted by Crippen LogP contribution is -2.68. The lowest BCUT2D eigenvalue weighted by atomic mass is 9.74. The number of benzene rings is 4. The van der Waals surface area contributed by atoms with Crippen molar-refractivity contribution in [3.05, 3.63) is 137 Å². The Morgan fingerprint density at radius 3 is 1.64 bits per heavy atom. The summed E-state index contributed by atoms with van der Waals surface area (Å²) < 4.78 is 14.2. The zero-order chi connectivity index (χ0) is 32.2. The monoisotopic (exact) mass is 680 g/mol. The number of rotatable bonds is 8. The van der Waals surface area contributed by atoms with E-state index in [9.17, 15) is 4.79 Å². The van der Waals surface area contributed by atoms with Crippen LogP contribution < -0.4 is 15.6 Å². The number of hydrogen-bond donors (Lipinski definition) is 0. The van der Waals surface area contributed by atoms with Gasteiger partial charge in [0.15, 0.2) is 8.07 Å². The smallest absolute Gasteiger partial charge is 0.373 e. The predicted octanol–water partition coefficient (Wildman–Crippen LogP) is 8.38. The summed E-state index contributed by atoms with van der Waals surface area (Å²) in [7, 11) is -2.63. The molecule has 0 saturated heterocycles. The maximum absolute atomic E-state index is 14.1. The minimum atomic E-state index is -2.63. The van der Waals surface area contributed by atoms with E-state index >= 15 is 0 Å². The molecular weight excluding hydrogens is 636 g/mol. The topological polar surface area (TPSA) is 35.5 Å². The van der Waals surface area contributed by atoms with Gasteiger partial charge in [0.25, 0.3) is 0 Å². The number of carbonyl (C=O) groups is 1. The number of esters is 1. The zero-order valence-corrected chi connectivity index (χ0v) is 29.9. The molecule has 0 radical (unpaired) electrons. The lowest BCUT2D eigenvalue weighted by molar-refractivity contribution is -0.164. The summed E-state index contributed by atoms with van der Waals surface area (Å²) >= 11 is 3.80. The van der Waals surface area contributed by atoms with E-state index in [0.29, 0.717) is 5.76 Å². The van der Waals surface area contributed by atoms with Gasteiger partial charge in [-0.2, -0.15) is 0 Å². The van der Waals surface area contributed by atoms with Gasteiger partial charge >= 0.3 is 5.97 Å². The molecule has 1 heterocycles. The van der Waals surface area contributed by atoms with Gasteiger partial charge in [-0.3, -0.25) is 0 Å². The highest BCUT2D eigenvalue weighted by atomic mass is 79.9. The summed E-state index contributed by atoms with van der Waals surface area (Å²) in [5, 5.41) is 3.97. The van der Waals surface area contributed by atoms with Crippen LogP contribution in [-0.2, 0) is 14.3 Å². The van der Waals surface area contributed by atoms with Gasteiger partial charge in [-0.15, -0.1) is 0 Å². The lowest BCUT2D eigenvalue weighted by Gasteiger charge is -2.41. The Hall–Kier alpha value is -3.41. The molecule has 0 saturated carbocycles. The van der Waals surface area contributed by atoms with Crippen LogP contribution in [0.1, 0.15) is 59.4 Å². The van der Waals surface area contributed by atoms with Crippen LogP contribution in [0.2, 0.25) is 6.04 Å². The van der Waals surface area contributed by atoms with E-state index in [2.05, 4.69) is 167 Å². The first kappa shape index (κ1) is 33.0. The fourth-order valence-electron chi connectivity index (χ4n) is 7.22. The normalized spacial score (nSPS) is 17.4. The Morgan fingerprint density at radius 2 is 1.20 bits per heavy atom. The summed E-state index contributed by atoms with van der Waals surface area (Å²) in [6.45, 7) is 12.7. The van der Waals surface area contributed by atoms with Crippen LogP contribution in [0.5, 0.6) is 0 Å². The Bertz CT molecular complexity index is 1490. The van der Waals surface area contributed by atoms with E-state index in [-0.39, 0.29) is 29.0 Å². The minimum absolute atomic E-state index is 0.0152. The second-order valence-corrected chi connectivity index (χ2v) is 19.2. The number of ether oxygens (including phenoxy) is 2. The summed E-state index contributed by atoms with van der Waals surface area (Å²) in [5.74, 6) is -0.0980. The Labute approximate surface area is 278 Å². The summed E-state index contributed by atoms with van der Waals surface area (Å²) in [4.78, 5) is 14.1. The molecule has 1 aliphatic rings. The van der Waals surface area contributed by atoms with E-state index < -0.39 is 14.0 Å². The van der Waals surface area contributed by atoms with Gasteiger partial charge in [0.2, 0.25) is 5.76 Å². The molecule has 2 atom stereocenters. The van der Waals surface area contributed by atoms with Crippen LogP contribution in [0, 0.1) is 10.8 Å². The van der Waals surface area contributed by atoms with Gasteiger partial charge in [0, 0.05) is 10.4 Å². The number of hydrogen-bond acceptors (Lipinski definition) is 3. The molecule has 0 N–H and O–H groups in total. The molecule has 0 unspecified atom stereocenters. The maximum Gasteiger partial charge on any atom is 0.373 e. The first-order valence-electron chi connectivity index (χ1n) is 15.9. The molecule has 0 spiro atoms. The Kier molecular flexibility index (Phi) is 9.90. The van der Waals surface area contributed by atoms with Crippen molar-refractivity contribution in [1.82, 2.24) is 0 Å². The van der Waals surface area contributed by atoms with E-state index in [4.69, 9.17) is 9.47 Å². The molecule has 45 heavy (non-hydrogen) atoms. The fraction of sp³-hybridized carbons (Fsp3) is 0.325. The average molecular weight is 682 g/mol. The van der Waals surface area contributed by atoms with Crippen molar-refractivity contribution in [2.75, 3.05) is 0 Å². The molecule has 0 bridgehead atoms. The van der Waals surface area contributed by atoms with Crippen LogP contribution in [0.25, 0.3) is 0 Å². The van der Waals surface area contributed by atoms with Gasteiger partial charge in [-0.1, -0.05) is 167 Å². The largest absolute Gasteiger partial charge is 0.484 e. The maximum atomic E-state index is 14.1. The van der Waals surface area contributed by atoms with Crippen LogP contribution >= 0.6 is 15.9 Å². The number of halogens is 1. The third-order valence-electron chi connectivity index (χ3n) is 8.80. The van der Waals surface area contributed by atoms with E-state index in [1.807, 2.05) is 12.1 Å². The number of carbonyl (C=O) groups excluding carboxylic acids is 1. The van der Waals surface area contributed by atoms with Crippen LogP contribution in [0.4, 0.5) is 0 Å². The first-order chi connectivity index (χ1) is 21.4. The van der Waals surface area contributed by atoms with Crippen LogP contribution in [-0.4, -0.2) is 26.3 Å². The molecule has 4 aromatic rings. The molecule has 5 heteroatoms. The molecule has 0 fully saturated rings. The highest BCUT2D eigenvalue weighted by Gasteiger charge is 2.45. The highest BCUT2D eigenvalue weighted by Crippen LogP contribution is 2.40. The SMILES string of the molecule is CC(C)(C)C(OC(=O)C1=C[C@@H](c2ccccc2Br)C[C@@H](C[Si](c2ccccc2)(c2ccccc2)c2ccccc2)O1)C(C)(C)C. The predicted molar refractivity (Wildman–Crippen MR) is 192 cm³/mol. The second kappa shape index (κ2) is 13.5. The van der Waals surface area contributed by atoms with Crippen LogP contribution in [0.15, 0.2) is 132 Å². The molecule has 4 aromatic carbocycles. The van der Waals surface area contributed by atoms with Crippen molar-refractivity contribution in [2.45, 2.75) is 72.1 Å². The van der Waals surface area contributed by atoms with E-state index in [0.717, 1.165) is 22.5 Å². The van der Waals surface area contributed by atoms with E-state index in [1.54, 1.807) is 0 Å². The third-order valence-corrected chi connectivity index (χ3v) is 14.5. The van der Waals surface area contributed by atoms with Crippen molar-refractivity contribution < 1.29 is 14.3 Å². The molecule has 0 aliphatic carbocycles. The van der Waals surface area contributed by atoms with Gasteiger partial charge in [-0.25, -0.2) is 4.79 Å². The third kappa shape index (κ3) is 7.36. The van der Waals surface area contributed by atoms with Crippen molar-refractivity contribution >= 4 is 45.5 Å². The quantitative estimate of drug-likeness (QED) is 0.107. The van der Waals surface area contributed by atoms with Gasteiger partial charge in [-0.05, 0) is 56.6 Å². The summed E-state index contributed by atoms with van der Waals surface area (Å²) in [6, 6.07) is 41.7. The standard InChI is InChI=1S/C40H45BrO3Si/c1-39(2,3)38(40(4,5)6)44-37(42)36-27-29(34-24-16-17-25-35(34)41)26-30(43-36)28-45(31-18-10-7-11-19-31,32-20-12-8-13-21-32)33-22-14-9-15-23-33/h7-25,27,29-30,38H,26,28H2,1-6H3/t29-,30-/m0/s1. The van der Waals surface area contributed by atoms with Crippen molar-refractivity contribution in [3.63, 3.8) is 0 Å². The Morgan fingerprint density at radius 1 is 0.756 bits per heavy atom. The average Bonchev–Trinajstić information content (AvgIpc) is 3.02. The first-order valence-corrected chi connectivity index (χ1v) is 18.9. The summed E-state index contributed by atoms with van der Waals surface area (Å²) in [6.07, 6.45) is 2.22. The molecule has 0 amide bonds. The molecule has 3 nitrogen and oxygen atoms in total. The van der Waals surface area contributed by atoms with Crippen LogP contribution in [0.3, 0.4) is 0 Å². The Balaban J connectivity index is 1.62.